The highest BCUT2D eigenvalue weighted by Gasteiger charge is 2.21. The van der Waals surface area contributed by atoms with Crippen LogP contribution in [0.1, 0.15) is 43.2 Å². The first-order valence-electron chi connectivity index (χ1n) is 7.19. The highest BCUT2D eigenvalue weighted by atomic mass is 16.5. The predicted molar refractivity (Wildman–Crippen MR) is 77.3 cm³/mol. The van der Waals surface area contributed by atoms with E-state index in [0.717, 1.165) is 24.2 Å². The molecule has 0 spiro atoms. The summed E-state index contributed by atoms with van der Waals surface area (Å²) in [7, 11) is 1.63. The zero-order valence-electron chi connectivity index (χ0n) is 12.0. The molecule has 1 aliphatic rings. The van der Waals surface area contributed by atoms with E-state index in [9.17, 15) is 0 Å². The SMILES string of the molecule is COc1ccc(C#N)cc1COC1CCCCCC1N. The van der Waals surface area contributed by atoms with Crippen LogP contribution >= 0.6 is 0 Å². The Balaban J connectivity index is 2.03. The lowest BCUT2D eigenvalue weighted by Gasteiger charge is -2.22. The van der Waals surface area contributed by atoms with E-state index in [-0.39, 0.29) is 12.1 Å². The molecule has 1 saturated carbocycles. The van der Waals surface area contributed by atoms with Crippen molar-refractivity contribution in [3.05, 3.63) is 29.3 Å². The molecular weight excluding hydrogens is 252 g/mol. The smallest absolute Gasteiger partial charge is 0.124 e. The second-order valence-corrected chi connectivity index (χ2v) is 5.29. The molecule has 4 nitrogen and oxygen atoms in total. The second kappa shape index (κ2) is 7.28. The summed E-state index contributed by atoms with van der Waals surface area (Å²) in [5.41, 5.74) is 7.69. The molecule has 2 N–H and O–H groups in total. The fourth-order valence-electron chi connectivity index (χ4n) is 2.67. The van der Waals surface area contributed by atoms with Gasteiger partial charge in [0.25, 0.3) is 0 Å². The first-order chi connectivity index (χ1) is 9.74. The molecule has 0 aliphatic heterocycles. The van der Waals surface area contributed by atoms with Crippen molar-refractivity contribution < 1.29 is 9.47 Å². The second-order valence-electron chi connectivity index (χ2n) is 5.29. The minimum absolute atomic E-state index is 0.105. The van der Waals surface area contributed by atoms with Crippen molar-refractivity contribution in [2.24, 2.45) is 5.73 Å². The maximum atomic E-state index is 8.97. The Kier molecular flexibility index (Phi) is 5.40. The van der Waals surface area contributed by atoms with Crippen LogP contribution in [0.2, 0.25) is 0 Å². The maximum absolute atomic E-state index is 8.97. The van der Waals surface area contributed by atoms with E-state index in [1.807, 2.05) is 12.1 Å². The molecule has 0 radical (unpaired) electrons. The van der Waals surface area contributed by atoms with E-state index in [2.05, 4.69) is 6.07 Å². The number of hydrogen-bond donors (Lipinski definition) is 1. The molecule has 4 heteroatoms. The molecule has 1 aromatic carbocycles. The predicted octanol–water partition coefficient (Wildman–Crippen LogP) is 2.74. The number of nitrogens with zero attached hydrogens (tertiary/aromatic N) is 1. The molecule has 1 aliphatic carbocycles. The van der Waals surface area contributed by atoms with Crippen molar-refractivity contribution in [1.29, 1.82) is 5.26 Å². The Morgan fingerprint density at radius 1 is 1.30 bits per heavy atom. The molecule has 2 atom stereocenters. The van der Waals surface area contributed by atoms with Crippen molar-refractivity contribution in [3.63, 3.8) is 0 Å². The third-order valence-corrected chi connectivity index (χ3v) is 3.87. The van der Waals surface area contributed by atoms with Crippen LogP contribution in [0.3, 0.4) is 0 Å². The van der Waals surface area contributed by atoms with Crippen LogP contribution in [0.5, 0.6) is 5.75 Å². The van der Waals surface area contributed by atoms with E-state index in [0.29, 0.717) is 12.2 Å². The average molecular weight is 274 g/mol. The van der Waals surface area contributed by atoms with Gasteiger partial charge in [-0.1, -0.05) is 19.3 Å². The molecule has 0 saturated heterocycles. The maximum Gasteiger partial charge on any atom is 0.124 e. The number of hydrogen-bond acceptors (Lipinski definition) is 4. The summed E-state index contributed by atoms with van der Waals surface area (Å²) in [4.78, 5) is 0. The van der Waals surface area contributed by atoms with Crippen molar-refractivity contribution in [2.75, 3.05) is 7.11 Å². The van der Waals surface area contributed by atoms with Gasteiger partial charge in [-0.2, -0.15) is 5.26 Å². The van der Waals surface area contributed by atoms with Crippen molar-refractivity contribution in [1.82, 2.24) is 0 Å². The summed E-state index contributed by atoms with van der Waals surface area (Å²) in [6, 6.07) is 7.63. The zero-order valence-corrected chi connectivity index (χ0v) is 12.0. The molecule has 0 heterocycles. The first kappa shape index (κ1) is 14.8. The fraction of sp³-hybridized carbons (Fsp3) is 0.562. The van der Waals surface area contributed by atoms with Crippen molar-refractivity contribution in [3.8, 4) is 11.8 Å². The number of nitrogens with two attached hydrogens (primary N) is 1. The van der Waals surface area contributed by atoms with Crippen LogP contribution in [0, 0.1) is 11.3 Å². The third-order valence-electron chi connectivity index (χ3n) is 3.87. The molecule has 2 unspecified atom stereocenters. The molecule has 20 heavy (non-hydrogen) atoms. The van der Waals surface area contributed by atoms with Gasteiger partial charge < -0.3 is 15.2 Å². The first-order valence-corrected chi connectivity index (χ1v) is 7.19. The van der Waals surface area contributed by atoms with Crippen LogP contribution in [-0.4, -0.2) is 19.3 Å². The zero-order chi connectivity index (χ0) is 14.4. The lowest BCUT2D eigenvalue weighted by molar-refractivity contribution is 0.0186. The molecule has 2 rings (SSSR count). The van der Waals surface area contributed by atoms with Gasteiger partial charge in [0.05, 0.1) is 31.5 Å². The topological polar surface area (TPSA) is 68.3 Å². The van der Waals surface area contributed by atoms with Gasteiger partial charge >= 0.3 is 0 Å². The van der Waals surface area contributed by atoms with E-state index in [1.165, 1.54) is 19.3 Å². The number of ether oxygens (including phenoxy) is 2. The molecular formula is C16H22N2O2. The molecule has 1 aromatic rings. The summed E-state index contributed by atoms with van der Waals surface area (Å²) in [6.07, 6.45) is 5.75. The van der Waals surface area contributed by atoms with E-state index >= 15 is 0 Å². The molecule has 0 bridgehead atoms. The number of nitriles is 1. The van der Waals surface area contributed by atoms with Crippen LogP contribution in [0.4, 0.5) is 0 Å². The summed E-state index contributed by atoms with van der Waals surface area (Å²) >= 11 is 0. The van der Waals surface area contributed by atoms with Crippen molar-refractivity contribution in [2.45, 2.75) is 50.9 Å². The van der Waals surface area contributed by atoms with E-state index < -0.39 is 0 Å². The Morgan fingerprint density at radius 2 is 2.10 bits per heavy atom. The van der Waals surface area contributed by atoms with E-state index in [4.69, 9.17) is 20.5 Å². The largest absolute Gasteiger partial charge is 0.496 e. The van der Waals surface area contributed by atoms with Gasteiger partial charge in [0.1, 0.15) is 5.75 Å². The molecule has 1 fully saturated rings. The van der Waals surface area contributed by atoms with Crippen LogP contribution in [0.15, 0.2) is 18.2 Å². The Hall–Kier alpha value is -1.57. The van der Waals surface area contributed by atoms with Gasteiger partial charge in [-0.3, -0.25) is 0 Å². The summed E-state index contributed by atoms with van der Waals surface area (Å²) in [5.74, 6) is 0.756. The lowest BCUT2D eigenvalue weighted by atomic mass is 10.1. The van der Waals surface area contributed by atoms with Gasteiger partial charge in [0, 0.05) is 11.6 Å². The quantitative estimate of drug-likeness (QED) is 0.857. The van der Waals surface area contributed by atoms with Gasteiger partial charge in [-0.25, -0.2) is 0 Å². The minimum Gasteiger partial charge on any atom is -0.496 e. The summed E-state index contributed by atoms with van der Waals surface area (Å²) < 4.78 is 11.3. The Labute approximate surface area is 120 Å². The Bertz CT molecular complexity index is 482. The number of rotatable bonds is 4. The highest BCUT2D eigenvalue weighted by molar-refractivity contribution is 5.41. The van der Waals surface area contributed by atoms with Crippen LogP contribution in [0.25, 0.3) is 0 Å². The van der Waals surface area contributed by atoms with Gasteiger partial charge in [-0.15, -0.1) is 0 Å². The Morgan fingerprint density at radius 3 is 2.85 bits per heavy atom. The summed E-state index contributed by atoms with van der Waals surface area (Å²) in [5, 5.41) is 8.97. The molecule has 108 valence electrons. The summed E-state index contributed by atoms with van der Waals surface area (Å²) in [6.45, 7) is 0.442. The highest BCUT2D eigenvalue weighted by Crippen LogP contribution is 2.24. The van der Waals surface area contributed by atoms with Gasteiger partial charge in [-0.05, 0) is 31.0 Å². The standard InChI is InChI=1S/C16H22N2O2/c1-19-15-8-7-12(10-17)9-13(15)11-20-16-6-4-2-3-5-14(16)18/h7-9,14,16H,2-6,11,18H2,1H3. The van der Waals surface area contributed by atoms with Crippen LogP contribution in [-0.2, 0) is 11.3 Å². The van der Waals surface area contributed by atoms with Crippen LogP contribution < -0.4 is 10.5 Å². The lowest BCUT2D eigenvalue weighted by Crippen LogP contribution is -2.35. The normalized spacial score (nSPS) is 22.9. The molecule has 0 amide bonds. The molecule has 0 aromatic heterocycles. The van der Waals surface area contributed by atoms with Gasteiger partial charge in [0.2, 0.25) is 0 Å². The minimum atomic E-state index is 0.105. The van der Waals surface area contributed by atoms with Crippen molar-refractivity contribution >= 4 is 0 Å². The number of benzene rings is 1. The fourth-order valence-corrected chi connectivity index (χ4v) is 2.67. The van der Waals surface area contributed by atoms with E-state index in [1.54, 1.807) is 13.2 Å². The monoisotopic (exact) mass is 274 g/mol. The number of methoxy groups -OCH3 is 1. The third kappa shape index (κ3) is 3.72. The van der Waals surface area contributed by atoms with Gasteiger partial charge in [0.15, 0.2) is 0 Å². The average Bonchev–Trinajstić information content (AvgIpc) is 2.69.